The molecule has 0 saturated carbocycles. The second kappa shape index (κ2) is 4.49. The maximum absolute atomic E-state index is 4.35. The molecule has 1 aliphatic heterocycles. The third kappa shape index (κ3) is 2.20. The van der Waals surface area contributed by atoms with Gasteiger partial charge in [-0.1, -0.05) is 12.1 Å². The van der Waals surface area contributed by atoms with E-state index in [4.69, 9.17) is 0 Å². The summed E-state index contributed by atoms with van der Waals surface area (Å²) < 4.78 is 4.35. The molecule has 0 radical (unpaired) electrons. The summed E-state index contributed by atoms with van der Waals surface area (Å²) >= 11 is 1.59. The Labute approximate surface area is 106 Å². The third-order valence-corrected chi connectivity index (χ3v) is 4.16. The Morgan fingerprint density at radius 1 is 1.18 bits per heavy atom. The molecule has 0 atom stereocenters. The van der Waals surface area contributed by atoms with Crippen LogP contribution in [0.2, 0.25) is 0 Å². The summed E-state index contributed by atoms with van der Waals surface area (Å²) in [7, 11) is 0. The van der Waals surface area contributed by atoms with Crippen LogP contribution in [-0.4, -0.2) is 17.5 Å². The van der Waals surface area contributed by atoms with Crippen LogP contribution in [0.15, 0.2) is 30.3 Å². The van der Waals surface area contributed by atoms with Crippen molar-refractivity contribution in [3.63, 3.8) is 0 Å². The number of rotatable bonds is 2. The number of aryl methyl sites for hydroxylation is 1. The van der Waals surface area contributed by atoms with Crippen molar-refractivity contribution in [3.05, 3.63) is 36.0 Å². The number of anilines is 1. The lowest BCUT2D eigenvalue weighted by molar-refractivity contribution is 0.949. The minimum atomic E-state index is 1.11. The summed E-state index contributed by atoms with van der Waals surface area (Å²) in [6.07, 6.45) is 2.65. The van der Waals surface area contributed by atoms with Gasteiger partial charge in [0, 0.05) is 18.8 Å². The summed E-state index contributed by atoms with van der Waals surface area (Å²) in [5.74, 6) is 0. The fraction of sp³-hybridized carbons (Fsp3) is 0.357. The van der Waals surface area contributed by atoms with Crippen LogP contribution in [0, 0.1) is 6.92 Å². The molecule has 2 heterocycles. The lowest BCUT2D eigenvalue weighted by atomic mass is 10.1. The molecule has 1 fully saturated rings. The van der Waals surface area contributed by atoms with Crippen molar-refractivity contribution in [3.8, 4) is 10.4 Å². The Morgan fingerprint density at radius 2 is 2.00 bits per heavy atom. The van der Waals surface area contributed by atoms with Gasteiger partial charge in [0.25, 0.3) is 0 Å². The minimum Gasteiger partial charge on any atom is -0.372 e. The van der Waals surface area contributed by atoms with Crippen LogP contribution in [0.4, 0.5) is 5.69 Å². The monoisotopic (exact) mass is 244 g/mol. The standard InChI is InChI=1S/C14H16N2S/c1-11-9-14(17-15-11)12-5-4-6-13(10-12)16-7-2-3-8-16/h4-6,9-10H,2-3,7-8H2,1H3. The van der Waals surface area contributed by atoms with Crippen molar-refractivity contribution < 1.29 is 0 Å². The molecule has 2 nitrogen and oxygen atoms in total. The van der Waals surface area contributed by atoms with E-state index in [1.807, 2.05) is 6.92 Å². The highest BCUT2D eigenvalue weighted by Crippen LogP contribution is 2.29. The molecule has 17 heavy (non-hydrogen) atoms. The summed E-state index contributed by atoms with van der Waals surface area (Å²) in [5.41, 5.74) is 3.75. The molecule has 0 N–H and O–H groups in total. The van der Waals surface area contributed by atoms with Gasteiger partial charge in [0.15, 0.2) is 0 Å². The van der Waals surface area contributed by atoms with E-state index in [-0.39, 0.29) is 0 Å². The molecule has 1 saturated heterocycles. The van der Waals surface area contributed by atoms with Crippen LogP contribution in [0.3, 0.4) is 0 Å². The summed E-state index contributed by atoms with van der Waals surface area (Å²) in [5, 5.41) is 0. The number of hydrogen-bond donors (Lipinski definition) is 0. The zero-order chi connectivity index (χ0) is 11.7. The van der Waals surface area contributed by atoms with Crippen LogP contribution >= 0.6 is 11.5 Å². The van der Waals surface area contributed by atoms with Crippen LogP contribution in [0.5, 0.6) is 0 Å². The fourth-order valence-corrected chi connectivity index (χ4v) is 3.08. The topological polar surface area (TPSA) is 16.1 Å². The first kappa shape index (κ1) is 10.8. The molecule has 0 spiro atoms. The van der Waals surface area contributed by atoms with Crippen LogP contribution in [0.1, 0.15) is 18.5 Å². The summed E-state index contributed by atoms with van der Waals surface area (Å²) in [4.78, 5) is 3.74. The molecule has 0 bridgehead atoms. The lowest BCUT2D eigenvalue weighted by Gasteiger charge is -2.17. The Morgan fingerprint density at radius 3 is 2.71 bits per heavy atom. The highest BCUT2D eigenvalue weighted by molar-refractivity contribution is 7.09. The maximum Gasteiger partial charge on any atom is 0.0553 e. The molecule has 3 rings (SSSR count). The van der Waals surface area contributed by atoms with Crippen molar-refractivity contribution in [1.29, 1.82) is 0 Å². The highest BCUT2D eigenvalue weighted by atomic mass is 32.1. The first-order valence-corrected chi connectivity index (χ1v) is 6.89. The first-order chi connectivity index (χ1) is 8.33. The normalized spacial score (nSPS) is 15.5. The van der Waals surface area contributed by atoms with E-state index >= 15 is 0 Å². The second-order valence-corrected chi connectivity index (χ2v) is 5.38. The summed E-state index contributed by atoms with van der Waals surface area (Å²) in [6, 6.07) is 11.0. The van der Waals surface area contributed by atoms with Crippen LogP contribution in [-0.2, 0) is 0 Å². The maximum atomic E-state index is 4.35. The largest absolute Gasteiger partial charge is 0.372 e. The van der Waals surface area contributed by atoms with Crippen molar-refractivity contribution in [2.45, 2.75) is 19.8 Å². The third-order valence-electron chi connectivity index (χ3n) is 3.23. The highest BCUT2D eigenvalue weighted by Gasteiger charge is 2.13. The minimum absolute atomic E-state index is 1.11. The first-order valence-electron chi connectivity index (χ1n) is 6.12. The average molecular weight is 244 g/mol. The predicted molar refractivity (Wildman–Crippen MR) is 73.7 cm³/mol. The van der Waals surface area contributed by atoms with Gasteiger partial charge in [-0.15, -0.1) is 0 Å². The van der Waals surface area contributed by atoms with Gasteiger partial charge in [0.05, 0.1) is 10.6 Å². The van der Waals surface area contributed by atoms with Gasteiger partial charge in [-0.25, -0.2) is 0 Å². The van der Waals surface area contributed by atoms with E-state index < -0.39 is 0 Å². The zero-order valence-electron chi connectivity index (χ0n) is 10.0. The van der Waals surface area contributed by atoms with Gasteiger partial charge in [0.1, 0.15) is 0 Å². The molecule has 1 aromatic carbocycles. The quantitative estimate of drug-likeness (QED) is 0.800. The molecule has 1 aliphatic rings. The second-order valence-electron chi connectivity index (χ2n) is 4.58. The number of benzene rings is 1. The molecule has 2 aromatic rings. The van der Waals surface area contributed by atoms with Gasteiger partial charge >= 0.3 is 0 Å². The molecule has 88 valence electrons. The molecule has 3 heteroatoms. The molecule has 1 aromatic heterocycles. The molecule has 0 aliphatic carbocycles. The SMILES string of the molecule is Cc1cc(-c2cccc(N3CCCC3)c2)sn1. The number of nitrogens with zero attached hydrogens (tertiary/aromatic N) is 2. The Balaban J connectivity index is 1.93. The van der Waals surface area contributed by atoms with E-state index in [1.165, 1.54) is 42.1 Å². The van der Waals surface area contributed by atoms with Gasteiger partial charge < -0.3 is 4.90 Å². The Hall–Kier alpha value is -1.35. The van der Waals surface area contributed by atoms with Gasteiger partial charge in [0.2, 0.25) is 0 Å². The van der Waals surface area contributed by atoms with Crippen molar-refractivity contribution in [1.82, 2.24) is 4.37 Å². The molecule has 0 amide bonds. The van der Waals surface area contributed by atoms with E-state index in [1.54, 1.807) is 11.5 Å². The zero-order valence-corrected chi connectivity index (χ0v) is 10.8. The Bertz CT molecular complexity index is 512. The van der Waals surface area contributed by atoms with Crippen molar-refractivity contribution >= 4 is 17.2 Å². The average Bonchev–Trinajstić information content (AvgIpc) is 3.00. The van der Waals surface area contributed by atoms with Crippen molar-refractivity contribution in [2.24, 2.45) is 0 Å². The number of aromatic nitrogens is 1. The van der Waals surface area contributed by atoms with Gasteiger partial charge in [-0.05, 0) is 55.1 Å². The number of hydrogen-bond acceptors (Lipinski definition) is 3. The van der Waals surface area contributed by atoms with E-state index in [2.05, 4.69) is 39.6 Å². The lowest BCUT2D eigenvalue weighted by Crippen LogP contribution is -2.17. The molecule has 0 unspecified atom stereocenters. The fourth-order valence-electron chi connectivity index (χ4n) is 2.33. The molecular formula is C14H16N2S. The molecular weight excluding hydrogens is 228 g/mol. The predicted octanol–water partition coefficient (Wildman–Crippen LogP) is 3.72. The van der Waals surface area contributed by atoms with Gasteiger partial charge in [-0.3, -0.25) is 0 Å². The van der Waals surface area contributed by atoms with E-state index in [9.17, 15) is 0 Å². The van der Waals surface area contributed by atoms with Crippen molar-refractivity contribution in [2.75, 3.05) is 18.0 Å². The van der Waals surface area contributed by atoms with Crippen LogP contribution < -0.4 is 4.90 Å². The Kier molecular flexibility index (Phi) is 2.85. The van der Waals surface area contributed by atoms with E-state index in [0.29, 0.717) is 0 Å². The van der Waals surface area contributed by atoms with Crippen LogP contribution in [0.25, 0.3) is 10.4 Å². The smallest absolute Gasteiger partial charge is 0.0553 e. The van der Waals surface area contributed by atoms with Gasteiger partial charge in [-0.2, -0.15) is 4.37 Å². The van der Waals surface area contributed by atoms with E-state index in [0.717, 1.165) is 5.69 Å². The summed E-state index contributed by atoms with van der Waals surface area (Å²) in [6.45, 7) is 4.45.